The molecule has 6 heteroatoms. The molecule has 1 N–H and O–H groups in total. The quantitative estimate of drug-likeness (QED) is 0.203. The van der Waals surface area contributed by atoms with E-state index in [1.54, 1.807) is 13.0 Å². The minimum atomic E-state index is -0.930. The lowest BCUT2D eigenvalue weighted by molar-refractivity contribution is 0.0693. The number of carboxylic acid groups (broad SMARTS) is 1. The van der Waals surface area contributed by atoms with Crippen molar-refractivity contribution in [2.75, 3.05) is 19.8 Å². The SMILES string of the molecule is Cc1cc(OCc2ccccc2)cc(CCOCCCCOCc2ccc3ccccc3n2)c1C(=O)O. The standard InChI is InChI=1S/C31H33NO5/c1-23-19-28(37-21-24-9-3-2-4-10-24)20-26(30(23)31(33)34)15-18-35-16-7-8-17-36-22-27-14-13-25-11-5-6-12-29(25)32-27/h2-6,9-14,19-20H,7-8,15-18,21-22H2,1H3,(H,33,34). The number of carbonyl (C=O) groups is 1. The Kier molecular flexibility index (Phi) is 9.63. The molecule has 4 aromatic rings. The second kappa shape index (κ2) is 13.5. The number of pyridine rings is 1. The first-order chi connectivity index (χ1) is 18.1. The van der Waals surface area contributed by atoms with E-state index in [1.165, 1.54) is 0 Å². The Labute approximate surface area is 217 Å². The predicted octanol–water partition coefficient (Wildman–Crippen LogP) is 6.38. The van der Waals surface area contributed by atoms with Crippen molar-refractivity contribution in [3.63, 3.8) is 0 Å². The number of ether oxygens (including phenoxy) is 3. The number of nitrogens with zero attached hydrogens (tertiary/aromatic N) is 1. The number of hydrogen-bond donors (Lipinski definition) is 1. The summed E-state index contributed by atoms with van der Waals surface area (Å²) in [6.45, 7) is 4.41. The second-order valence-corrected chi connectivity index (χ2v) is 8.97. The van der Waals surface area contributed by atoms with Gasteiger partial charge in [0.05, 0.1) is 30.0 Å². The van der Waals surface area contributed by atoms with Crippen LogP contribution >= 0.6 is 0 Å². The first-order valence-electron chi connectivity index (χ1n) is 12.6. The molecular weight excluding hydrogens is 466 g/mol. The van der Waals surface area contributed by atoms with Gasteiger partial charge in [0.15, 0.2) is 0 Å². The summed E-state index contributed by atoms with van der Waals surface area (Å²) in [4.78, 5) is 16.5. The maximum Gasteiger partial charge on any atom is 0.336 e. The Morgan fingerprint density at radius 3 is 2.41 bits per heavy atom. The lowest BCUT2D eigenvalue weighted by atomic mass is 9.99. The van der Waals surface area contributed by atoms with E-state index in [4.69, 9.17) is 14.2 Å². The molecule has 0 atom stereocenters. The van der Waals surface area contributed by atoms with Crippen molar-refractivity contribution in [2.24, 2.45) is 0 Å². The van der Waals surface area contributed by atoms with E-state index in [-0.39, 0.29) is 0 Å². The number of benzene rings is 3. The number of fused-ring (bicyclic) bond motifs is 1. The Morgan fingerprint density at radius 1 is 0.838 bits per heavy atom. The fourth-order valence-corrected chi connectivity index (χ4v) is 4.21. The van der Waals surface area contributed by atoms with E-state index in [9.17, 15) is 9.90 Å². The first kappa shape index (κ1) is 26.3. The third-order valence-electron chi connectivity index (χ3n) is 6.10. The Morgan fingerprint density at radius 2 is 1.59 bits per heavy atom. The van der Waals surface area contributed by atoms with Gasteiger partial charge in [-0.3, -0.25) is 4.98 Å². The molecule has 3 aromatic carbocycles. The molecule has 0 spiro atoms. The molecule has 0 amide bonds. The van der Waals surface area contributed by atoms with Crippen LogP contribution in [0.4, 0.5) is 0 Å². The van der Waals surface area contributed by atoms with Gasteiger partial charge in [-0.15, -0.1) is 0 Å². The van der Waals surface area contributed by atoms with Gasteiger partial charge in [-0.25, -0.2) is 4.79 Å². The van der Waals surface area contributed by atoms with Crippen molar-refractivity contribution in [1.82, 2.24) is 4.98 Å². The molecule has 0 aliphatic heterocycles. The van der Waals surface area contributed by atoms with Gasteiger partial charge in [0.2, 0.25) is 0 Å². The van der Waals surface area contributed by atoms with Gasteiger partial charge in [0.25, 0.3) is 0 Å². The Bertz CT molecular complexity index is 1310. The monoisotopic (exact) mass is 499 g/mol. The third kappa shape index (κ3) is 7.87. The van der Waals surface area contributed by atoms with Crippen molar-refractivity contribution in [3.05, 3.63) is 107 Å². The van der Waals surface area contributed by atoms with E-state index < -0.39 is 5.97 Å². The Balaban J connectivity index is 1.17. The highest BCUT2D eigenvalue weighted by atomic mass is 16.5. The number of para-hydroxylation sites is 1. The first-order valence-corrected chi connectivity index (χ1v) is 12.6. The predicted molar refractivity (Wildman–Crippen MR) is 144 cm³/mol. The van der Waals surface area contributed by atoms with Crippen LogP contribution in [-0.2, 0) is 29.1 Å². The normalized spacial score (nSPS) is 11.1. The minimum Gasteiger partial charge on any atom is -0.489 e. The second-order valence-electron chi connectivity index (χ2n) is 8.97. The average molecular weight is 500 g/mol. The van der Waals surface area contributed by atoms with Gasteiger partial charge < -0.3 is 19.3 Å². The van der Waals surface area contributed by atoms with Gasteiger partial charge in [0.1, 0.15) is 12.4 Å². The molecule has 0 bridgehead atoms. The molecule has 0 unspecified atom stereocenters. The lowest BCUT2D eigenvalue weighted by Crippen LogP contribution is -2.10. The van der Waals surface area contributed by atoms with E-state index >= 15 is 0 Å². The van der Waals surface area contributed by atoms with Gasteiger partial charge in [0, 0.05) is 18.6 Å². The van der Waals surface area contributed by atoms with Gasteiger partial charge >= 0.3 is 5.97 Å². The average Bonchev–Trinajstić information content (AvgIpc) is 2.91. The zero-order valence-electron chi connectivity index (χ0n) is 21.2. The zero-order chi connectivity index (χ0) is 25.9. The van der Waals surface area contributed by atoms with E-state index in [0.29, 0.717) is 56.3 Å². The molecule has 192 valence electrons. The summed E-state index contributed by atoms with van der Waals surface area (Å²) in [7, 11) is 0. The summed E-state index contributed by atoms with van der Waals surface area (Å²) in [6, 6.07) is 25.6. The van der Waals surface area contributed by atoms with Crippen molar-refractivity contribution in [1.29, 1.82) is 0 Å². The molecule has 0 saturated carbocycles. The van der Waals surface area contributed by atoms with Crippen LogP contribution < -0.4 is 4.74 Å². The molecule has 0 radical (unpaired) electrons. The highest BCUT2D eigenvalue weighted by Crippen LogP contribution is 2.24. The molecule has 6 nitrogen and oxygen atoms in total. The van der Waals surface area contributed by atoms with Crippen LogP contribution in [0.15, 0.2) is 78.9 Å². The zero-order valence-corrected chi connectivity index (χ0v) is 21.2. The summed E-state index contributed by atoms with van der Waals surface area (Å²) in [6.07, 6.45) is 2.27. The molecule has 0 fully saturated rings. The largest absolute Gasteiger partial charge is 0.489 e. The van der Waals surface area contributed by atoms with Gasteiger partial charge in [-0.2, -0.15) is 0 Å². The number of hydrogen-bond acceptors (Lipinski definition) is 5. The topological polar surface area (TPSA) is 77.9 Å². The van der Waals surface area contributed by atoms with Crippen LogP contribution in [0.2, 0.25) is 0 Å². The summed E-state index contributed by atoms with van der Waals surface area (Å²) >= 11 is 0. The Hall–Kier alpha value is -3.74. The fourth-order valence-electron chi connectivity index (χ4n) is 4.21. The number of carboxylic acids is 1. The lowest BCUT2D eigenvalue weighted by Gasteiger charge is -2.14. The summed E-state index contributed by atoms with van der Waals surface area (Å²) in [5.74, 6) is -0.264. The summed E-state index contributed by atoms with van der Waals surface area (Å²) in [5.41, 5.74) is 4.70. The fraction of sp³-hybridized carbons (Fsp3) is 0.290. The molecule has 1 aromatic heterocycles. The van der Waals surface area contributed by atoms with Crippen LogP contribution in [0.5, 0.6) is 5.75 Å². The number of unbranched alkanes of at least 4 members (excludes halogenated alkanes) is 1. The van der Waals surface area contributed by atoms with E-state index in [1.807, 2.05) is 66.7 Å². The third-order valence-corrected chi connectivity index (χ3v) is 6.10. The number of rotatable bonds is 14. The van der Waals surface area contributed by atoms with Crippen molar-refractivity contribution >= 4 is 16.9 Å². The smallest absolute Gasteiger partial charge is 0.336 e. The number of aryl methyl sites for hydroxylation is 1. The van der Waals surface area contributed by atoms with Crippen LogP contribution in [0.1, 0.15) is 45.6 Å². The summed E-state index contributed by atoms with van der Waals surface area (Å²) in [5, 5.41) is 10.8. The van der Waals surface area contributed by atoms with Gasteiger partial charge in [-0.1, -0.05) is 54.6 Å². The van der Waals surface area contributed by atoms with E-state index in [0.717, 1.165) is 40.6 Å². The van der Waals surface area contributed by atoms with Gasteiger partial charge in [-0.05, 0) is 67.1 Å². The number of aromatic carboxylic acids is 1. The van der Waals surface area contributed by atoms with Crippen molar-refractivity contribution < 1.29 is 24.1 Å². The molecule has 0 saturated heterocycles. The molecule has 37 heavy (non-hydrogen) atoms. The maximum absolute atomic E-state index is 11.8. The maximum atomic E-state index is 11.8. The summed E-state index contributed by atoms with van der Waals surface area (Å²) < 4.78 is 17.5. The van der Waals surface area contributed by atoms with Crippen molar-refractivity contribution in [3.8, 4) is 5.75 Å². The van der Waals surface area contributed by atoms with Crippen molar-refractivity contribution in [2.45, 2.75) is 39.4 Å². The highest BCUT2D eigenvalue weighted by Gasteiger charge is 2.15. The molecule has 4 rings (SSSR count). The molecule has 1 heterocycles. The van der Waals surface area contributed by atoms with Crippen LogP contribution in [0.25, 0.3) is 10.9 Å². The molecule has 0 aliphatic carbocycles. The van der Waals surface area contributed by atoms with E-state index in [2.05, 4.69) is 11.1 Å². The van der Waals surface area contributed by atoms with Crippen LogP contribution in [0, 0.1) is 6.92 Å². The molecule has 0 aliphatic rings. The number of aromatic nitrogens is 1. The van der Waals surface area contributed by atoms with Crippen LogP contribution in [0.3, 0.4) is 0 Å². The highest BCUT2D eigenvalue weighted by molar-refractivity contribution is 5.91. The minimum absolute atomic E-state index is 0.325. The van der Waals surface area contributed by atoms with Crippen LogP contribution in [-0.4, -0.2) is 35.9 Å². The molecular formula is C31H33NO5.